The molecule has 0 aliphatic heterocycles. The minimum Gasteiger partial charge on any atom is -0.493 e. The van der Waals surface area contributed by atoms with Crippen molar-refractivity contribution in [2.24, 2.45) is 0 Å². The molecular formula is C14H18O2. The number of carbonyl (C=O) groups is 1. The SMILES string of the molecule is C=C(CC)CC(=O)CCOc1ccccc1. The van der Waals surface area contributed by atoms with Gasteiger partial charge in [0, 0.05) is 12.8 Å². The van der Waals surface area contributed by atoms with E-state index >= 15 is 0 Å². The Morgan fingerprint density at radius 3 is 2.62 bits per heavy atom. The summed E-state index contributed by atoms with van der Waals surface area (Å²) >= 11 is 0. The van der Waals surface area contributed by atoms with Crippen LogP contribution >= 0.6 is 0 Å². The van der Waals surface area contributed by atoms with Crippen molar-refractivity contribution >= 4 is 5.78 Å². The van der Waals surface area contributed by atoms with Gasteiger partial charge in [0.2, 0.25) is 0 Å². The number of para-hydroxylation sites is 1. The summed E-state index contributed by atoms with van der Waals surface area (Å²) in [4.78, 5) is 11.5. The van der Waals surface area contributed by atoms with E-state index in [2.05, 4.69) is 6.58 Å². The normalized spacial score (nSPS) is 9.81. The van der Waals surface area contributed by atoms with Crippen LogP contribution in [0.5, 0.6) is 5.75 Å². The number of Topliss-reactive ketones (excluding diaryl/α,β-unsaturated/α-hetero) is 1. The van der Waals surface area contributed by atoms with E-state index in [0.717, 1.165) is 17.7 Å². The first-order valence-electron chi connectivity index (χ1n) is 5.58. The van der Waals surface area contributed by atoms with Crippen LogP contribution in [0, 0.1) is 0 Å². The van der Waals surface area contributed by atoms with Gasteiger partial charge in [-0.2, -0.15) is 0 Å². The summed E-state index contributed by atoms with van der Waals surface area (Å²) in [6, 6.07) is 9.53. The zero-order chi connectivity index (χ0) is 11.8. The number of carbonyl (C=O) groups excluding carboxylic acids is 1. The van der Waals surface area contributed by atoms with Gasteiger partial charge in [-0.15, -0.1) is 0 Å². The molecule has 0 atom stereocenters. The number of benzene rings is 1. The highest BCUT2D eigenvalue weighted by Gasteiger charge is 2.03. The highest BCUT2D eigenvalue weighted by Crippen LogP contribution is 2.10. The first-order chi connectivity index (χ1) is 7.72. The van der Waals surface area contributed by atoms with Crippen molar-refractivity contribution in [1.29, 1.82) is 0 Å². The standard InChI is InChI=1S/C14H18O2/c1-3-12(2)11-13(15)9-10-16-14-7-5-4-6-8-14/h4-8H,2-3,9-11H2,1H3. The lowest BCUT2D eigenvalue weighted by Crippen LogP contribution is -2.06. The predicted molar refractivity (Wildman–Crippen MR) is 65.6 cm³/mol. The van der Waals surface area contributed by atoms with E-state index in [9.17, 15) is 4.79 Å². The van der Waals surface area contributed by atoms with Crippen molar-refractivity contribution in [3.8, 4) is 5.75 Å². The molecule has 0 spiro atoms. The molecule has 0 aromatic heterocycles. The molecule has 86 valence electrons. The van der Waals surface area contributed by atoms with Gasteiger partial charge in [0.25, 0.3) is 0 Å². The average Bonchev–Trinajstić information content (AvgIpc) is 2.30. The van der Waals surface area contributed by atoms with Crippen molar-refractivity contribution in [3.05, 3.63) is 42.5 Å². The molecule has 0 fully saturated rings. The van der Waals surface area contributed by atoms with Crippen LogP contribution in [0.1, 0.15) is 26.2 Å². The predicted octanol–water partition coefficient (Wildman–Crippen LogP) is 3.38. The summed E-state index contributed by atoms with van der Waals surface area (Å²) in [7, 11) is 0. The van der Waals surface area contributed by atoms with Gasteiger partial charge in [0.05, 0.1) is 6.61 Å². The van der Waals surface area contributed by atoms with Gasteiger partial charge >= 0.3 is 0 Å². The van der Waals surface area contributed by atoms with Gasteiger partial charge in [0.1, 0.15) is 11.5 Å². The molecule has 0 aliphatic carbocycles. The van der Waals surface area contributed by atoms with Crippen LogP contribution in [-0.2, 0) is 4.79 Å². The molecule has 1 rings (SSSR count). The van der Waals surface area contributed by atoms with Crippen LogP contribution in [0.15, 0.2) is 42.5 Å². The summed E-state index contributed by atoms with van der Waals surface area (Å²) in [6.45, 7) is 6.27. The average molecular weight is 218 g/mol. The van der Waals surface area contributed by atoms with Crippen LogP contribution < -0.4 is 4.74 Å². The quantitative estimate of drug-likeness (QED) is 0.656. The topological polar surface area (TPSA) is 26.3 Å². The molecule has 0 amide bonds. The summed E-state index contributed by atoms with van der Waals surface area (Å²) < 4.78 is 5.44. The Kier molecular flexibility index (Phi) is 5.34. The third-order valence-corrected chi connectivity index (χ3v) is 2.34. The van der Waals surface area contributed by atoms with Crippen LogP contribution in [0.2, 0.25) is 0 Å². The van der Waals surface area contributed by atoms with E-state index in [1.807, 2.05) is 37.3 Å². The molecule has 2 nitrogen and oxygen atoms in total. The molecule has 0 bridgehead atoms. The van der Waals surface area contributed by atoms with Crippen molar-refractivity contribution in [1.82, 2.24) is 0 Å². The monoisotopic (exact) mass is 218 g/mol. The van der Waals surface area contributed by atoms with E-state index < -0.39 is 0 Å². The van der Waals surface area contributed by atoms with Gasteiger partial charge in [0.15, 0.2) is 0 Å². The van der Waals surface area contributed by atoms with Crippen molar-refractivity contribution in [3.63, 3.8) is 0 Å². The zero-order valence-corrected chi connectivity index (χ0v) is 9.74. The molecule has 1 aromatic carbocycles. The summed E-state index contributed by atoms with van der Waals surface area (Å²) in [5.41, 5.74) is 0.990. The minimum absolute atomic E-state index is 0.197. The van der Waals surface area contributed by atoms with Crippen molar-refractivity contribution < 1.29 is 9.53 Å². The number of hydrogen-bond acceptors (Lipinski definition) is 2. The third kappa shape index (κ3) is 4.78. The molecule has 16 heavy (non-hydrogen) atoms. The largest absolute Gasteiger partial charge is 0.493 e. The lowest BCUT2D eigenvalue weighted by atomic mass is 10.1. The van der Waals surface area contributed by atoms with Crippen LogP contribution in [0.3, 0.4) is 0 Å². The molecule has 0 saturated carbocycles. The van der Waals surface area contributed by atoms with Gasteiger partial charge in [-0.25, -0.2) is 0 Å². The minimum atomic E-state index is 0.197. The summed E-state index contributed by atoms with van der Waals surface area (Å²) in [6.07, 6.45) is 1.80. The molecule has 0 unspecified atom stereocenters. The number of rotatable bonds is 7. The molecule has 0 saturated heterocycles. The fourth-order valence-corrected chi connectivity index (χ4v) is 1.29. The van der Waals surface area contributed by atoms with Gasteiger partial charge in [-0.3, -0.25) is 4.79 Å². The number of ketones is 1. The maximum Gasteiger partial charge on any atom is 0.140 e. The Morgan fingerprint density at radius 1 is 1.31 bits per heavy atom. The van der Waals surface area contributed by atoms with Crippen LogP contribution in [-0.4, -0.2) is 12.4 Å². The van der Waals surface area contributed by atoms with E-state index in [4.69, 9.17) is 4.74 Å². The molecule has 0 heterocycles. The molecule has 0 aliphatic rings. The fraction of sp³-hybridized carbons (Fsp3) is 0.357. The Labute approximate surface area is 96.9 Å². The van der Waals surface area contributed by atoms with E-state index in [1.165, 1.54) is 0 Å². The maximum atomic E-state index is 11.5. The number of hydrogen-bond donors (Lipinski definition) is 0. The Morgan fingerprint density at radius 2 is 2.00 bits per heavy atom. The fourth-order valence-electron chi connectivity index (χ4n) is 1.29. The Bertz CT molecular complexity index is 341. The Hall–Kier alpha value is -1.57. The molecule has 2 heteroatoms. The molecular weight excluding hydrogens is 200 g/mol. The van der Waals surface area contributed by atoms with Gasteiger partial charge < -0.3 is 4.74 Å². The van der Waals surface area contributed by atoms with E-state index in [0.29, 0.717) is 19.4 Å². The third-order valence-electron chi connectivity index (χ3n) is 2.34. The van der Waals surface area contributed by atoms with Crippen molar-refractivity contribution in [2.45, 2.75) is 26.2 Å². The molecule has 0 N–H and O–H groups in total. The number of ether oxygens (including phenoxy) is 1. The summed E-state index contributed by atoms with van der Waals surface area (Å²) in [5.74, 6) is 1.01. The zero-order valence-electron chi connectivity index (χ0n) is 9.74. The highest BCUT2D eigenvalue weighted by atomic mass is 16.5. The van der Waals surface area contributed by atoms with Crippen LogP contribution in [0.25, 0.3) is 0 Å². The van der Waals surface area contributed by atoms with Crippen LogP contribution in [0.4, 0.5) is 0 Å². The lowest BCUT2D eigenvalue weighted by Gasteiger charge is -2.05. The maximum absolute atomic E-state index is 11.5. The summed E-state index contributed by atoms with van der Waals surface area (Å²) in [5, 5.41) is 0. The van der Waals surface area contributed by atoms with E-state index in [1.54, 1.807) is 0 Å². The highest BCUT2D eigenvalue weighted by molar-refractivity contribution is 5.80. The molecule has 0 radical (unpaired) electrons. The lowest BCUT2D eigenvalue weighted by molar-refractivity contribution is -0.118. The molecule has 1 aromatic rings. The van der Waals surface area contributed by atoms with Gasteiger partial charge in [-0.1, -0.05) is 37.3 Å². The van der Waals surface area contributed by atoms with E-state index in [-0.39, 0.29) is 5.78 Å². The second kappa shape index (κ2) is 6.83. The second-order valence-corrected chi connectivity index (χ2v) is 3.73. The first-order valence-corrected chi connectivity index (χ1v) is 5.58. The van der Waals surface area contributed by atoms with Crippen molar-refractivity contribution in [2.75, 3.05) is 6.61 Å². The first kappa shape index (κ1) is 12.5. The Balaban J connectivity index is 2.21. The second-order valence-electron chi connectivity index (χ2n) is 3.73. The number of allylic oxidation sites excluding steroid dienone is 1. The smallest absolute Gasteiger partial charge is 0.140 e. The van der Waals surface area contributed by atoms with Gasteiger partial charge in [-0.05, 0) is 18.6 Å².